The molecule has 1 heterocycles. The Balaban J connectivity index is 2.19. The maximum Gasteiger partial charge on any atom is 0.240 e. The van der Waals surface area contributed by atoms with E-state index in [1.807, 2.05) is 11.0 Å². The Labute approximate surface area is 92.3 Å². The highest BCUT2D eigenvalue weighted by Gasteiger charge is 2.19. The number of anilines is 1. The lowest BCUT2D eigenvalue weighted by atomic mass is 10.2. The van der Waals surface area contributed by atoms with Gasteiger partial charge in [0.1, 0.15) is 0 Å². The predicted octanol–water partition coefficient (Wildman–Crippen LogP) is 1.79. The average molecular weight is 222 g/mol. The third kappa shape index (κ3) is 2.45. The van der Waals surface area contributed by atoms with E-state index in [4.69, 9.17) is 4.74 Å². The maximum atomic E-state index is 13.0. The topological polar surface area (TPSA) is 41.9 Å². The molecule has 0 aromatic heterocycles. The Kier molecular flexibility index (Phi) is 3.29. The summed E-state index contributed by atoms with van der Waals surface area (Å²) in [5, 5.41) is 0. The predicted molar refractivity (Wildman–Crippen MR) is 57.3 cm³/mol. The summed E-state index contributed by atoms with van der Waals surface area (Å²) in [5.74, 6) is 0. The lowest BCUT2D eigenvalue weighted by Gasteiger charge is -2.30. The summed E-state index contributed by atoms with van der Waals surface area (Å²) in [5.41, 5.74) is 1.36. The van der Waals surface area contributed by atoms with Gasteiger partial charge < -0.3 is 9.64 Å². The number of carbonyl (C=O) groups excluding carboxylic acids is 1. The van der Waals surface area contributed by atoms with Crippen LogP contribution in [0.1, 0.15) is 0 Å². The molecule has 2 rings (SSSR count). The first-order chi connectivity index (χ1) is 7.79. The molecule has 1 aliphatic rings. The quantitative estimate of drug-likeness (QED) is 0.566. The molecule has 0 aliphatic carbocycles. The van der Waals surface area contributed by atoms with E-state index in [1.165, 1.54) is 6.08 Å². The molecule has 84 valence electrons. The van der Waals surface area contributed by atoms with Gasteiger partial charge in [0, 0.05) is 12.2 Å². The van der Waals surface area contributed by atoms with Gasteiger partial charge in [0.05, 0.1) is 18.8 Å². The van der Waals surface area contributed by atoms with E-state index in [0.717, 1.165) is 5.69 Å². The van der Waals surface area contributed by atoms with E-state index >= 15 is 0 Å². The Morgan fingerprint density at radius 3 is 3.19 bits per heavy atom. The smallest absolute Gasteiger partial charge is 0.240 e. The van der Waals surface area contributed by atoms with E-state index in [2.05, 4.69) is 4.99 Å². The fourth-order valence-electron chi connectivity index (χ4n) is 1.65. The summed E-state index contributed by atoms with van der Waals surface area (Å²) in [6, 6.07) is 7.04. The van der Waals surface area contributed by atoms with E-state index in [-0.39, 0.29) is 6.54 Å². The molecule has 0 bridgehead atoms. The normalized spacial score (nSPS) is 20.3. The number of nitrogens with zero attached hydrogens (tertiary/aromatic N) is 2. The molecule has 1 saturated heterocycles. The number of isocyanates is 1. The molecule has 16 heavy (non-hydrogen) atoms. The van der Waals surface area contributed by atoms with Gasteiger partial charge in [-0.15, -0.1) is 0 Å². The SMILES string of the molecule is O=C=Nc1cccc(N2CCOC(F)C2)c1. The van der Waals surface area contributed by atoms with E-state index < -0.39 is 6.36 Å². The van der Waals surface area contributed by atoms with Gasteiger partial charge in [-0.25, -0.2) is 9.18 Å². The third-order valence-electron chi connectivity index (χ3n) is 2.39. The molecule has 1 aliphatic heterocycles. The van der Waals surface area contributed by atoms with Crippen LogP contribution in [0.4, 0.5) is 15.8 Å². The number of aliphatic imine (C=N–C) groups is 1. The molecule has 1 fully saturated rings. The number of halogens is 1. The summed E-state index contributed by atoms with van der Waals surface area (Å²) in [6.07, 6.45) is 0.223. The molecule has 0 spiro atoms. The number of rotatable bonds is 2. The van der Waals surface area contributed by atoms with Crippen LogP contribution in [0.15, 0.2) is 29.3 Å². The molecule has 1 aromatic carbocycles. The molecule has 4 nitrogen and oxygen atoms in total. The van der Waals surface area contributed by atoms with Crippen molar-refractivity contribution in [1.29, 1.82) is 0 Å². The first kappa shape index (κ1) is 10.8. The maximum absolute atomic E-state index is 13.0. The Morgan fingerprint density at radius 1 is 1.56 bits per heavy atom. The van der Waals surface area contributed by atoms with Gasteiger partial charge in [-0.1, -0.05) is 6.07 Å². The van der Waals surface area contributed by atoms with Crippen LogP contribution >= 0.6 is 0 Å². The summed E-state index contributed by atoms with van der Waals surface area (Å²) in [6.45, 7) is 1.20. The van der Waals surface area contributed by atoms with E-state index in [0.29, 0.717) is 18.8 Å². The first-order valence-electron chi connectivity index (χ1n) is 4.98. The van der Waals surface area contributed by atoms with Gasteiger partial charge >= 0.3 is 0 Å². The van der Waals surface area contributed by atoms with Gasteiger partial charge in [-0.3, -0.25) is 0 Å². The van der Waals surface area contributed by atoms with Crippen molar-refractivity contribution in [2.24, 2.45) is 4.99 Å². The highest BCUT2D eigenvalue weighted by atomic mass is 19.1. The highest BCUT2D eigenvalue weighted by Crippen LogP contribution is 2.23. The van der Waals surface area contributed by atoms with Crippen molar-refractivity contribution < 1.29 is 13.9 Å². The second-order valence-electron chi connectivity index (χ2n) is 3.45. The van der Waals surface area contributed by atoms with Crippen LogP contribution in [0.25, 0.3) is 0 Å². The molecule has 0 N–H and O–H groups in total. The third-order valence-corrected chi connectivity index (χ3v) is 2.39. The van der Waals surface area contributed by atoms with Crippen LogP contribution in [0.5, 0.6) is 0 Å². The number of ether oxygens (including phenoxy) is 1. The lowest BCUT2D eigenvalue weighted by molar-refractivity contribution is -0.0465. The van der Waals surface area contributed by atoms with Gasteiger partial charge in [0.15, 0.2) is 0 Å². The fourth-order valence-corrected chi connectivity index (χ4v) is 1.65. The zero-order valence-electron chi connectivity index (χ0n) is 8.60. The molecule has 1 atom stereocenters. The van der Waals surface area contributed by atoms with E-state index in [1.54, 1.807) is 18.2 Å². The van der Waals surface area contributed by atoms with Crippen LogP contribution in [-0.4, -0.2) is 32.1 Å². The second-order valence-corrected chi connectivity index (χ2v) is 3.45. The Morgan fingerprint density at radius 2 is 2.44 bits per heavy atom. The van der Waals surface area contributed by atoms with Crippen molar-refractivity contribution in [3.8, 4) is 0 Å². The molecular formula is C11H11FN2O2. The van der Waals surface area contributed by atoms with Gasteiger partial charge in [0.25, 0.3) is 0 Å². The molecule has 1 aromatic rings. The average Bonchev–Trinajstić information content (AvgIpc) is 2.30. The zero-order chi connectivity index (χ0) is 11.4. The molecule has 0 radical (unpaired) electrons. The van der Waals surface area contributed by atoms with Crippen LogP contribution in [0.3, 0.4) is 0 Å². The first-order valence-corrected chi connectivity index (χ1v) is 4.98. The second kappa shape index (κ2) is 4.88. The highest BCUT2D eigenvalue weighted by molar-refractivity contribution is 5.58. The summed E-state index contributed by atoms with van der Waals surface area (Å²) in [4.78, 5) is 15.5. The fraction of sp³-hybridized carbons (Fsp3) is 0.364. The Bertz CT molecular complexity index is 418. The van der Waals surface area contributed by atoms with Crippen molar-refractivity contribution in [2.75, 3.05) is 24.6 Å². The number of hydrogen-bond donors (Lipinski definition) is 0. The van der Waals surface area contributed by atoms with Gasteiger partial charge in [-0.2, -0.15) is 4.99 Å². The summed E-state index contributed by atoms with van der Waals surface area (Å²) in [7, 11) is 0. The molecule has 0 saturated carbocycles. The van der Waals surface area contributed by atoms with Crippen molar-refractivity contribution in [1.82, 2.24) is 0 Å². The number of benzene rings is 1. The minimum atomic E-state index is -1.26. The van der Waals surface area contributed by atoms with Crippen molar-refractivity contribution in [2.45, 2.75) is 6.36 Å². The summed E-state index contributed by atoms with van der Waals surface area (Å²) >= 11 is 0. The molecular weight excluding hydrogens is 211 g/mol. The van der Waals surface area contributed by atoms with Crippen molar-refractivity contribution in [3.63, 3.8) is 0 Å². The minimum absolute atomic E-state index is 0.203. The zero-order valence-corrected chi connectivity index (χ0v) is 8.60. The molecule has 5 heteroatoms. The monoisotopic (exact) mass is 222 g/mol. The molecule has 0 amide bonds. The molecule has 1 unspecified atom stereocenters. The van der Waals surface area contributed by atoms with Crippen LogP contribution in [0.2, 0.25) is 0 Å². The van der Waals surface area contributed by atoms with Crippen LogP contribution in [-0.2, 0) is 9.53 Å². The number of hydrogen-bond acceptors (Lipinski definition) is 4. The van der Waals surface area contributed by atoms with Crippen LogP contribution < -0.4 is 4.90 Å². The summed E-state index contributed by atoms with van der Waals surface area (Å²) < 4.78 is 17.8. The lowest BCUT2D eigenvalue weighted by Crippen LogP contribution is -2.40. The van der Waals surface area contributed by atoms with Gasteiger partial charge in [0.2, 0.25) is 12.4 Å². The Hall–Kier alpha value is -1.71. The number of alkyl halides is 1. The van der Waals surface area contributed by atoms with E-state index in [9.17, 15) is 9.18 Å². The largest absolute Gasteiger partial charge is 0.364 e. The van der Waals surface area contributed by atoms with Gasteiger partial charge in [-0.05, 0) is 18.2 Å². The van der Waals surface area contributed by atoms with Crippen molar-refractivity contribution >= 4 is 17.5 Å². The van der Waals surface area contributed by atoms with Crippen molar-refractivity contribution in [3.05, 3.63) is 24.3 Å². The minimum Gasteiger partial charge on any atom is -0.364 e. The van der Waals surface area contributed by atoms with Crippen LogP contribution in [0, 0.1) is 0 Å². The number of morpholine rings is 1. The standard InChI is InChI=1S/C11H11FN2O2/c12-11-7-14(4-5-16-11)10-3-1-2-9(6-10)13-8-15/h1-3,6,11H,4-5,7H2.